The van der Waals surface area contributed by atoms with E-state index in [9.17, 15) is 23.4 Å². The molecule has 1 heterocycles. The molecule has 0 spiro atoms. The normalized spacial score (nSPS) is 11.7. The number of benzene rings is 3. The van der Waals surface area contributed by atoms with Crippen LogP contribution < -0.4 is 10.6 Å². The van der Waals surface area contributed by atoms with Crippen molar-refractivity contribution in [2.75, 3.05) is 5.75 Å². The molecule has 7 nitrogen and oxygen atoms in total. The first-order valence-electron chi connectivity index (χ1n) is 9.51. The van der Waals surface area contributed by atoms with Gasteiger partial charge in [-0.2, -0.15) is 0 Å². The van der Waals surface area contributed by atoms with Crippen LogP contribution in [0.5, 0.6) is 11.5 Å². The zero-order valence-corrected chi connectivity index (χ0v) is 18.2. The molecule has 0 fully saturated rings. The minimum atomic E-state index is -3.59. The van der Waals surface area contributed by atoms with E-state index in [0.29, 0.717) is 16.1 Å². The van der Waals surface area contributed by atoms with Crippen LogP contribution in [0.2, 0.25) is 5.02 Å². The third kappa shape index (κ3) is 4.34. The predicted octanol–water partition coefficient (Wildman–Crippen LogP) is 4.02. The van der Waals surface area contributed by atoms with Crippen LogP contribution in [-0.4, -0.2) is 24.4 Å². The second-order valence-electron chi connectivity index (χ2n) is 7.26. The number of nitrogens with two attached hydrogens (primary N) is 1. The molecule has 0 aliphatic carbocycles. The molecule has 1 aromatic heterocycles. The first-order chi connectivity index (χ1) is 15.1. The maximum atomic E-state index is 12.8. The van der Waals surface area contributed by atoms with E-state index in [1.54, 1.807) is 48.5 Å². The monoisotopic (exact) mass is 471 g/mol. The third-order valence-corrected chi connectivity index (χ3v) is 6.12. The molecule has 0 bridgehead atoms. The number of halogens is 1. The second-order valence-corrected chi connectivity index (χ2v) is 9.40. The number of aromatic hydroxyl groups is 2. The smallest absolute Gasteiger partial charge is 0.209 e. The molecule has 4 N–H and O–H groups in total. The van der Waals surface area contributed by atoms with Crippen molar-refractivity contribution in [3.05, 3.63) is 81.5 Å². The number of rotatable bonds is 5. The van der Waals surface area contributed by atoms with Gasteiger partial charge in [0.15, 0.2) is 11.0 Å². The Morgan fingerprint density at radius 3 is 2.31 bits per heavy atom. The summed E-state index contributed by atoms with van der Waals surface area (Å²) in [6.07, 6.45) is 0.229. The van der Waals surface area contributed by atoms with Crippen LogP contribution in [0.25, 0.3) is 33.4 Å². The van der Waals surface area contributed by atoms with E-state index in [1.807, 2.05) is 0 Å². The molecule has 0 radical (unpaired) electrons. The van der Waals surface area contributed by atoms with Gasteiger partial charge in [0.1, 0.15) is 22.6 Å². The standard InChI is InChI=1S/C23H18ClNO6S/c24-16-4-2-1-3-15(16)20-12-19(28)22-18(27)11-17(26)21(23(22)31-20)14-7-5-13(6-8-14)9-10-32(25,29)30/h1-8,11-12,26-27H,9-10H2,(H2,25,29,30). The van der Waals surface area contributed by atoms with Gasteiger partial charge in [0.2, 0.25) is 10.0 Å². The van der Waals surface area contributed by atoms with Crippen molar-refractivity contribution in [2.45, 2.75) is 6.42 Å². The lowest BCUT2D eigenvalue weighted by atomic mass is 9.98. The Labute approximate surface area is 188 Å². The van der Waals surface area contributed by atoms with Crippen molar-refractivity contribution in [2.24, 2.45) is 5.14 Å². The zero-order valence-electron chi connectivity index (χ0n) is 16.6. The summed E-state index contributed by atoms with van der Waals surface area (Å²) in [6, 6.07) is 15.8. The highest BCUT2D eigenvalue weighted by Gasteiger charge is 2.20. The molecule has 0 saturated heterocycles. The van der Waals surface area contributed by atoms with Crippen molar-refractivity contribution < 1.29 is 23.0 Å². The van der Waals surface area contributed by atoms with Gasteiger partial charge in [-0.15, -0.1) is 0 Å². The predicted molar refractivity (Wildman–Crippen MR) is 123 cm³/mol. The second kappa shape index (κ2) is 8.31. The number of phenolic OH excluding ortho intramolecular Hbond substituents is 2. The Morgan fingerprint density at radius 1 is 0.969 bits per heavy atom. The van der Waals surface area contributed by atoms with E-state index in [2.05, 4.69) is 0 Å². The van der Waals surface area contributed by atoms with Crippen LogP contribution in [-0.2, 0) is 16.4 Å². The Kier molecular flexibility index (Phi) is 5.68. The van der Waals surface area contributed by atoms with Crippen LogP contribution in [0.4, 0.5) is 0 Å². The fraction of sp³-hybridized carbons (Fsp3) is 0.0870. The molecule has 9 heteroatoms. The number of hydrogen-bond acceptors (Lipinski definition) is 6. The van der Waals surface area contributed by atoms with Crippen LogP contribution in [0.15, 0.2) is 69.9 Å². The minimum absolute atomic E-state index is 0.00204. The average Bonchev–Trinajstić information content (AvgIpc) is 2.72. The van der Waals surface area contributed by atoms with Gasteiger partial charge in [0.05, 0.1) is 16.3 Å². The van der Waals surface area contributed by atoms with Crippen molar-refractivity contribution in [3.63, 3.8) is 0 Å². The van der Waals surface area contributed by atoms with Crippen molar-refractivity contribution in [1.82, 2.24) is 0 Å². The molecule has 0 aliphatic rings. The number of primary sulfonamides is 1. The molecule has 32 heavy (non-hydrogen) atoms. The first-order valence-corrected chi connectivity index (χ1v) is 11.6. The lowest BCUT2D eigenvalue weighted by molar-refractivity contribution is 0.454. The molecule has 4 rings (SSSR count). The lowest BCUT2D eigenvalue weighted by Gasteiger charge is -2.12. The highest BCUT2D eigenvalue weighted by Crippen LogP contribution is 2.41. The molecular weight excluding hydrogens is 454 g/mol. The number of phenols is 2. The summed E-state index contributed by atoms with van der Waals surface area (Å²) in [5, 5.41) is 26.2. The Hall–Kier alpha value is -3.33. The van der Waals surface area contributed by atoms with Crippen LogP contribution in [0.3, 0.4) is 0 Å². The summed E-state index contributed by atoms with van der Waals surface area (Å²) >= 11 is 6.25. The zero-order chi connectivity index (χ0) is 23.0. The maximum absolute atomic E-state index is 12.8. The fourth-order valence-electron chi connectivity index (χ4n) is 3.47. The topological polar surface area (TPSA) is 131 Å². The highest BCUT2D eigenvalue weighted by molar-refractivity contribution is 7.89. The van der Waals surface area contributed by atoms with Crippen LogP contribution in [0.1, 0.15) is 5.56 Å². The summed E-state index contributed by atoms with van der Waals surface area (Å²) in [6.45, 7) is 0. The largest absolute Gasteiger partial charge is 0.507 e. The highest BCUT2D eigenvalue weighted by atomic mass is 35.5. The fourth-order valence-corrected chi connectivity index (χ4v) is 4.22. The summed E-state index contributed by atoms with van der Waals surface area (Å²) in [7, 11) is -3.59. The Bertz CT molecular complexity index is 1490. The van der Waals surface area contributed by atoms with Gasteiger partial charge in [-0.25, -0.2) is 13.6 Å². The lowest BCUT2D eigenvalue weighted by Crippen LogP contribution is -2.17. The molecule has 3 aromatic carbocycles. The van der Waals surface area contributed by atoms with Gasteiger partial charge in [-0.05, 0) is 29.7 Å². The van der Waals surface area contributed by atoms with Crippen molar-refractivity contribution in [1.29, 1.82) is 0 Å². The number of aryl methyl sites for hydroxylation is 1. The summed E-state index contributed by atoms with van der Waals surface area (Å²) < 4.78 is 28.4. The van der Waals surface area contributed by atoms with E-state index in [-0.39, 0.29) is 40.2 Å². The molecule has 0 atom stereocenters. The number of hydrogen-bond donors (Lipinski definition) is 3. The van der Waals surface area contributed by atoms with Gasteiger partial charge in [-0.1, -0.05) is 48.0 Å². The number of sulfonamides is 1. The van der Waals surface area contributed by atoms with E-state index in [1.165, 1.54) is 6.07 Å². The molecule has 4 aromatic rings. The summed E-state index contributed by atoms with van der Waals surface area (Å²) in [4.78, 5) is 12.8. The van der Waals surface area contributed by atoms with Gasteiger partial charge in [-0.3, -0.25) is 4.79 Å². The van der Waals surface area contributed by atoms with Crippen molar-refractivity contribution >= 4 is 32.6 Å². The van der Waals surface area contributed by atoms with E-state index < -0.39 is 21.2 Å². The van der Waals surface area contributed by atoms with Gasteiger partial charge in [0.25, 0.3) is 0 Å². The average molecular weight is 472 g/mol. The van der Waals surface area contributed by atoms with Crippen molar-refractivity contribution in [3.8, 4) is 33.9 Å². The number of fused-ring (bicyclic) bond motifs is 1. The third-order valence-electron chi connectivity index (χ3n) is 5.02. The molecule has 164 valence electrons. The minimum Gasteiger partial charge on any atom is -0.507 e. The summed E-state index contributed by atoms with van der Waals surface area (Å²) in [5.74, 6) is -0.711. The molecular formula is C23H18ClNO6S. The van der Waals surface area contributed by atoms with Crippen LogP contribution in [0, 0.1) is 0 Å². The molecule has 0 saturated carbocycles. The Morgan fingerprint density at radius 2 is 1.66 bits per heavy atom. The Balaban J connectivity index is 1.89. The van der Waals surface area contributed by atoms with Crippen LogP contribution >= 0.6 is 11.6 Å². The quantitative estimate of drug-likeness (QED) is 0.403. The van der Waals surface area contributed by atoms with E-state index in [4.69, 9.17) is 21.2 Å². The SMILES string of the molecule is NS(=O)(=O)CCc1ccc(-c2c(O)cc(O)c3c(=O)cc(-c4ccccc4Cl)oc23)cc1. The van der Waals surface area contributed by atoms with Gasteiger partial charge >= 0.3 is 0 Å². The summed E-state index contributed by atoms with van der Waals surface area (Å²) in [5.41, 5.74) is 1.43. The molecule has 0 amide bonds. The van der Waals surface area contributed by atoms with Gasteiger partial charge < -0.3 is 14.6 Å². The first kappa shape index (κ1) is 21.9. The molecule has 0 aliphatic heterocycles. The van der Waals surface area contributed by atoms with E-state index >= 15 is 0 Å². The van der Waals surface area contributed by atoms with E-state index in [0.717, 1.165) is 11.6 Å². The van der Waals surface area contributed by atoms with Gasteiger partial charge in [0, 0.05) is 17.7 Å². The maximum Gasteiger partial charge on any atom is 0.209 e. The molecule has 0 unspecified atom stereocenters.